The Morgan fingerprint density at radius 2 is 2.21 bits per heavy atom. The highest BCUT2D eigenvalue weighted by atomic mass is 32.2. The first kappa shape index (κ1) is 13.3. The van der Waals surface area contributed by atoms with Crippen LogP contribution in [0.3, 0.4) is 0 Å². The van der Waals surface area contributed by atoms with Gasteiger partial charge in [0.25, 0.3) is 0 Å². The summed E-state index contributed by atoms with van der Waals surface area (Å²) in [4.78, 5) is 0. The van der Waals surface area contributed by atoms with Gasteiger partial charge in [0.05, 0.1) is 18.3 Å². The second-order valence-electron chi connectivity index (χ2n) is 5.50. The Kier molecular flexibility index (Phi) is 4.01. The molecule has 3 rings (SSSR count). The Morgan fingerprint density at radius 1 is 1.37 bits per heavy atom. The molecule has 0 saturated carbocycles. The van der Waals surface area contributed by atoms with Crippen LogP contribution in [0.4, 0.5) is 5.69 Å². The van der Waals surface area contributed by atoms with Crippen LogP contribution < -0.4 is 5.73 Å². The quantitative estimate of drug-likeness (QED) is 0.864. The average molecular weight is 279 g/mol. The third-order valence-corrected chi connectivity index (χ3v) is 5.20. The van der Waals surface area contributed by atoms with E-state index in [2.05, 4.69) is 0 Å². The molecule has 0 amide bonds. The summed E-state index contributed by atoms with van der Waals surface area (Å²) >= 11 is 2.00. The van der Waals surface area contributed by atoms with Crippen molar-refractivity contribution < 1.29 is 9.47 Å². The molecule has 2 aliphatic heterocycles. The lowest BCUT2D eigenvalue weighted by Crippen LogP contribution is -2.42. The first-order chi connectivity index (χ1) is 9.26. The van der Waals surface area contributed by atoms with E-state index in [9.17, 15) is 0 Å². The Balaban J connectivity index is 1.53. The standard InChI is InChI=1S/C15H21NO2S/c16-13-3-1-12(2-4-13)10-17-14-5-7-18-15(9-14)6-8-19-11-15/h1-4,14H,5-11,16H2. The molecule has 0 aromatic heterocycles. The van der Waals surface area contributed by atoms with Crippen molar-refractivity contribution in [1.82, 2.24) is 0 Å². The van der Waals surface area contributed by atoms with Crippen molar-refractivity contribution in [3.63, 3.8) is 0 Å². The number of nitrogens with two attached hydrogens (primary N) is 1. The molecule has 4 heteroatoms. The highest BCUT2D eigenvalue weighted by Crippen LogP contribution is 2.39. The second-order valence-corrected chi connectivity index (χ2v) is 6.61. The van der Waals surface area contributed by atoms with E-state index in [1.807, 2.05) is 36.0 Å². The largest absolute Gasteiger partial charge is 0.399 e. The molecule has 1 spiro atoms. The summed E-state index contributed by atoms with van der Waals surface area (Å²) in [6.07, 6.45) is 3.58. The molecule has 3 nitrogen and oxygen atoms in total. The van der Waals surface area contributed by atoms with Gasteiger partial charge in [-0.2, -0.15) is 11.8 Å². The molecule has 2 N–H and O–H groups in total. The minimum Gasteiger partial charge on any atom is -0.399 e. The molecular weight excluding hydrogens is 258 g/mol. The lowest BCUT2D eigenvalue weighted by molar-refractivity contribution is -0.124. The SMILES string of the molecule is Nc1ccc(COC2CCOC3(CCSC3)C2)cc1. The third-order valence-electron chi connectivity index (χ3n) is 3.98. The Morgan fingerprint density at radius 3 is 2.95 bits per heavy atom. The number of anilines is 1. The maximum absolute atomic E-state index is 6.07. The van der Waals surface area contributed by atoms with Crippen LogP contribution in [0.5, 0.6) is 0 Å². The van der Waals surface area contributed by atoms with Gasteiger partial charge in [-0.15, -0.1) is 0 Å². The molecule has 0 bridgehead atoms. The van der Waals surface area contributed by atoms with Gasteiger partial charge in [0.15, 0.2) is 0 Å². The number of rotatable bonds is 3. The van der Waals surface area contributed by atoms with E-state index in [1.54, 1.807) is 0 Å². The molecule has 2 unspecified atom stereocenters. The smallest absolute Gasteiger partial charge is 0.0805 e. The topological polar surface area (TPSA) is 44.5 Å². The predicted octanol–water partition coefficient (Wildman–Crippen LogP) is 2.84. The predicted molar refractivity (Wildman–Crippen MR) is 79.3 cm³/mol. The fraction of sp³-hybridized carbons (Fsp3) is 0.600. The Labute approximate surface area is 118 Å². The van der Waals surface area contributed by atoms with Crippen molar-refractivity contribution in [3.05, 3.63) is 29.8 Å². The molecule has 0 aliphatic carbocycles. The van der Waals surface area contributed by atoms with Gasteiger partial charge < -0.3 is 15.2 Å². The van der Waals surface area contributed by atoms with Crippen LogP contribution >= 0.6 is 11.8 Å². The van der Waals surface area contributed by atoms with Gasteiger partial charge >= 0.3 is 0 Å². The van der Waals surface area contributed by atoms with Gasteiger partial charge in [-0.1, -0.05) is 12.1 Å². The molecule has 104 valence electrons. The van der Waals surface area contributed by atoms with Gasteiger partial charge in [-0.05, 0) is 36.3 Å². The summed E-state index contributed by atoms with van der Waals surface area (Å²) in [5.41, 5.74) is 7.78. The molecule has 1 aromatic rings. The first-order valence-corrected chi connectivity index (χ1v) is 8.09. The summed E-state index contributed by atoms with van der Waals surface area (Å²) in [5.74, 6) is 2.36. The average Bonchev–Trinajstić information content (AvgIpc) is 2.86. The van der Waals surface area contributed by atoms with Crippen molar-refractivity contribution in [2.45, 2.75) is 37.6 Å². The zero-order valence-corrected chi connectivity index (χ0v) is 12.0. The number of hydrogen-bond acceptors (Lipinski definition) is 4. The van der Waals surface area contributed by atoms with E-state index in [0.29, 0.717) is 12.7 Å². The highest BCUT2D eigenvalue weighted by molar-refractivity contribution is 7.99. The molecule has 1 aromatic carbocycles. The summed E-state index contributed by atoms with van der Waals surface area (Å²) in [6.45, 7) is 1.52. The fourth-order valence-electron chi connectivity index (χ4n) is 2.82. The molecular formula is C15H21NO2S. The van der Waals surface area contributed by atoms with E-state index in [-0.39, 0.29) is 5.60 Å². The summed E-state index contributed by atoms with van der Waals surface area (Å²) < 4.78 is 12.1. The molecule has 19 heavy (non-hydrogen) atoms. The number of nitrogen functional groups attached to an aromatic ring is 1. The highest BCUT2D eigenvalue weighted by Gasteiger charge is 2.40. The monoisotopic (exact) mass is 279 g/mol. The molecule has 2 aliphatic rings. The van der Waals surface area contributed by atoms with Crippen LogP contribution in [-0.4, -0.2) is 29.8 Å². The van der Waals surface area contributed by atoms with Crippen LogP contribution in [0.1, 0.15) is 24.8 Å². The number of hydrogen-bond donors (Lipinski definition) is 1. The van der Waals surface area contributed by atoms with Crippen molar-refractivity contribution in [2.75, 3.05) is 23.8 Å². The zero-order valence-electron chi connectivity index (χ0n) is 11.1. The molecule has 2 saturated heterocycles. The lowest BCUT2D eigenvalue weighted by atomic mass is 9.91. The molecule has 0 radical (unpaired) electrons. The Hall–Kier alpha value is -0.710. The molecule has 2 atom stereocenters. The minimum absolute atomic E-state index is 0.106. The third kappa shape index (κ3) is 3.25. The van der Waals surface area contributed by atoms with Gasteiger partial charge in [0.1, 0.15) is 0 Å². The number of thioether (sulfide) groups is 1. The first-order valence-electron chi connectivity index (χ1n) is 6.94. The summed E-state index contributed by atoms with van der Waals surface area (Å²) in [5, 5.41) is 0. The second kappa shape index (κ2) is 5.73. The van der Waals surface area contributed by atoms with E-state index < -0.39 is 0 Å². The molecule has 2 heterocycles. The zero-order chi connectivity index (χ0) is 13.1. The van der Waals surface area contributed by atoms with E-state index in [4.69, 9.17) is 15.2 Å². The number of benzene rings is 1. The van der Waals surface area contributed by atoms with Crippen LogP contribution in [0.15, 0.2) is 24.3 Å². The van der Waals surface area contributed by atoms with Crippen LogP contribution in [-0.2, 0) is 16.1 Å². The van der Waals surface area contributed by atoms with E-state index >= 15 is 0 Å². The maximum atomic E-state index is 6.07. The maximum Gasteiger partial charge on any atom is 0.0805 e. The van der Waals surface area contributed by atoms with Crippen molar-refractivity contribution >= 4 is 17.4 Å². The van der Waals surface area contributed by atoms with Crippen molar-refractivity contribution in [3.8, 4) is 0 Å². The summed E-state index contributed by atoms with van der Waals surface area (Å²) in [7, 11) is 0. The van der Waals surface area contributed by atoms with Gasteiger partial charge in [-0.25, -0.2) is 0 Å². The normalized spacial score (nSPS) is 30.8. The van der Waals surface area contributed by atoms with E-state index in [0.717, 1.165) is 30.9 Å². The Bertz CT molecular complexity index is 415. The fourth-order valence-corrected chi connectivity index (χ4v) is 4.19. The van der Waals surface area contributed by atoms with Crippen LogP contribution in [0.25, 0.3) is 0 Å². The molecule has 2 fully saturated rings. The van der Waals surface area contributed by atoms with Gasteiger partial charge in [-0.3, -0.25) is 0 Å². The van der Waals surface area contributed by atoms with E-state index in [1.165, 1.54) is 17.7 Å². The minimum atomic E-state index is 0.106. The number of ether oxygens (including phenoxy) is 2. The van der Waals surface area contributed by atoms with Crippen molar-refractivity contribution in [2.24, 2.45) is 0 Å². The summed E-state index contributed by atoms with van der Waals surface area (Å²) in [6, 6.07) is 7.93. The van der Waals surface area contributed by atoms with Gasteiger partial charge in [0, 0.05) is 24.5 Å². The van der Waals surface area contributed by atoms with Crippen LogP contribution in [0.2, 0.25) is 0 Å². The lowest BCUT2D eigenvalue weighted by Gasteiger charge is -2.37. The van der Waals surface area contributed by atoms with Crippen molar-refractivity contribution in [1.29, 1.82) is 0 Å². The van der Waals surface area contributed by atoms with Crippen LogP contribution in [0, 0.1) is 0 Å². The van der Waals surface area contributed by atoms with Gasteiger partial charge in [0.2, 0.25) is 0 Å².